The normalized spacial score (nSPS) is 11.9. The molecule has 1 atom stereocenters. The molecule has 4 aromatic rings. The number of carbonyl (C=O) groups excluding carboxylic acids is 2. The molecule has 0 unspecified atom stereocenters. The van der Waals surface area contributed by atoms with Crippen LogP contribution in [0.25, 0.3) is 10.8 Å². The SMILES string of the molecule is Cc1cccc(C(=O)Oc2ccc3ccccc3c2/C=N\NC(=O)[C@@H](C)Oc2ccc(Br)cc2)c1. The fourth-order valence-electron chi connectivity index (χ4n) is 3.45. The minimum atomic E-state index is -0.764. The van der Waals surface area contributed by atoms with Crippen LogP contribution >= 0.6 is 15.9 Å². The summed E-state index contributed by atoms with van der Waals surface area (Å²) in [7, 11) is 0. The molecule has 0 aliphatic carbocycles. The second kappa shape index (κ2) is 11.0. The first-order chi connectivity index (χ1) is 16.9. The van der Waals surface area contributed by atoms with E-state index in [1.165, 1.54) is 6.21 Å². The number of hydrazone groups is 1. The van der Waals surface area contributed by atoms with Gasteiger partial charge in [0.05, 0.1) is 11.8 Å². The Kier molecular flexibility index (Phi) is 7.57. The monoisotopic (exact) mass is 530 g/mol. The number of benzene rings is 4. The lowest BCUT2D eigenvalue weighted by atomic mass is 10.0. The Morgan fingerprint density at radius 2 is 1.74 bits per heavy atom. The van der Waals surface area contributed by atoms with Crippen LogP contribution in [0, 0.1) is 6.92 Å². The van der Waals surface area contributed by atoms with E-state index in [9.17, 15) is 9.59 Å². The van der Waals surface area contributed by atoms with Crippen LogP contribution in [0.4, 0.5) is 0 Å². The average molecular weight is 531 g/mol. The van der Waals surface area contributed by atoms with E-state index in [0.717, 1.165) is 20.8 Å². The molecule has 0 aromatic heterocycles. The number of fused-ring (bicyclic) bond motifs is 1. The maximum Gasteiger partial charge on any atom is 0.343 e. The summed E-state index contributed by atoms with van der Waals surface area (Å²) in [5.41, 5.74) is 4.49. The Labute approximate surface area is 211 Å². The summed E-state index contributed by atoms with van der Waals surface area (Å²) in [6.45, 7) is 3.55. The van der Waals surface area contributed by atoms with Gasteiger partial charge in [0.15, 0.2) is 6.10 Å². The Morgan fingerprint density at radius 1 is 0.971 bits per heavy atom. The van der Waals surface area contributed by atoms with E-state index < -0.39 is 18.0 Å². The van der Waals surface area contributed by atoms with Crippen molar-refractivity contribution >= 4 is 44.8 Å². The zero-order chi connectivity index (χ0) is 24.8. The number of esters is 1. The zero-order valence-corrected chi connectivity index (χ0v) is 20.8. The number of hydrogen-bond acceptors (Lipinski definition) is 5. The fourth-order valence-corrected chi connectivity index (χ4v) is 3.72. The molecule has 0 saturated carbocycles. The predicted molar refractivity (Wildman–Crippen MR) is 140 cm³/mol. The number of halogens is 1. The van der Waals surface area contributed by atoms with Gasteiger partial charge in [0.1, 0.15) is 11.5 Å². The first-order valence-electron chi connectivity index (χ1n) is 11.0. The third kappa shape index (κ3) is 6.13. The molecule has 0 radical (unpaired) electrons. The molecule has 1 amide bonds. The topological polar surface area (TPSA) is 77.0 Å². The van der Waals surface area contributed by atoms with E-state index in [-0.39, 0.29) is 0 Å². The summed E-state index contributed by atoms with van der Waals surface area (Å²) in [5.74, 6) is 0.0218. The number of rotatable bonds is 7. The van der Waals surface area contributed by atoms with E-state index in [0.29, 0.717) is 22.6 Å². The molecule has 0 saturated heterocycles. The van der Waals surface area contributed by atoms with Crippen molar-refractivity contribution in [3.63, 3.8) is 0 Å². The van der Waals surface area contributed by atoms with Crippen molar-refractivity contribution in [1.82, 2.24) is 5.43 Å². The van der Waals surface area contributed by atoms with Gasteiger partial charge in [-0.25, -0.2) is 10.2 Å². The second-order valence-corrected chi connectivity index (χ2v) is 8.82. The van der Waals surface area contributed by atoms with Crippen molar-refractivity contribution in [1.29, 1.82) is 0 Å². The van der Waals surface area contributed by atoms with Crippen molar-refractivity contribution in [2.24, 2.45) is 5.10 Å². The lowest BCUT2D eigenvalue weighted by Gasteiger charge is -2.13. The van der Waals surface area contributed by atoms with Crippen molar-refractivity contribution in [2.75, 3.05) is 0 Å². The number of carbonyl (C=O) groups is 2. The van der Waals surface area contributed by atoms with Crippen molar-refractivity contribution in [2.45, 2.75) is 20.0 Å². The van der Waals surface area contributed by atoms with Crippen molar-refractivity contribution in [3.8, 4) is 11.5 Å². The lowest BCUT2D eigenvalue weighted by Crippen LogP contribution is -2.33. The molecular weight excluding hydrogens is 508 g/mol. The maximum atomic E-state index is 12.8. The van der Waals surface area contributed by atoms with Crippen LogP contribution in [-0.2, 0) is 4.79 Å². The largest absolute Gasteiger partial charge is 0.481 e. The number of ether oxygens (including phenoxy) is 2. The minimum absolute atomic E-state index is 0.340. The predicted octanol–water partition coefficient (Wildman–Crippen LogP) is 6.05. The highest BCUT2D eigenvalue weighted by molar-refractivity contribution is 9.10. The Morgan fingerprint density at radius 3 is 2.51 bits per heavy atom. The minimum Gasteiger partial charge on any atom is -0.481 e. The summed E-state index contributed by atoms with van der Waals surface area (Å²) in [6.07, 6.45) is 0.713. The highest BCUT2D eigenvalue weighted by Gasteiger charge is 2.16. The van der Waals surface area contributed by atoms with Crippen molar-refractivity contribution in [3.05, 3.63) is 106 Å². The molecule has 4 aromatic carbocycles. The van der Waals surface area contributed by atoms with Gasteiger partial charge < -0.3 is 9.47 Å². The summed E-state index contributed by atoms with van der Waals surface area (Å²) >= 11 is 3.37. The fraction of sp³-hybridized carbons (Fsp3) is 0.107. The van der Waals surface area contributed by atoms with Gasteiger partial charge in [0, 0.05) is 10.0 Å². The molecule has 0 aliphatic heterocycles. The highest BCUT2D eigenvalue weighted by Crippen LogP contribution is 2.27. The van der Waals surface area contributed by atoms with Crippen LogP contribution in [0.1, 0.15) is 28.4 Å². The van der Waals surface area contributed by atoms with Crippen LogP contribution in [0.2, 0.25) is 0 Å². The number of aryl methyl sites for hydroxylation is 1. The third-order valence-corrected chi connectivity index (χ3v) is 5.78. The van der Waals surface area contributed by atoms with Gasteiger partial charge in [0.25, 0.3) is 5.91 Å². The first-order valence-corrected chi connectivity index (χ1v) is 11.8. The van der Waals surface area contributed by atoms with Gasteiger partial charge in [-0.05, 0) is 67.1 Å². The van der Waals surface area contributed by atoms with Crippen molar-refractivity contribution < 1.29 is 19.1 Å². The van der Waals surface area contributed by atoms with E-state index >= 15 is 0 Å². The standard InChI is InChI=1S/C28H23BrN2O4/c1-18-6-5-8-21(16-18)28(33)35-26-15-10-20-7-3-4-9-24(20)25(26)17-30-31-27(32)19(2)34-23-13-11-22(29)12-14-23/h3-17,19H,1-2H3,(H,31,32)/b30-17-/t19-/m1/s1. The quantitative estimate of drug-likeness (QED) is 0.136. The smallest absolute Gasteiger partial charge is 0.343 e. The van der Waals surface area contributed by atoms with E-state index in [1.807, 2.05) is 61.5 Å². The Hall–Kier alpha value is -3.97. The summed E-state index contributed by atoms with van der Waals surface area (Å²) in [5, 5.41) is 5.90. The molecule has 35 heavy (non-hydrogen) atoms. The van der Waals surface area contributed by atoms with Crippen LogP contribution < -0.4 is 14.9 Å². The highest BCUT2D eigenvalue weighted by atomic mass is 79.9. The number of hydrogen-bond donors (Lipinski definition) is 1. The lowest BCUT2D eigenvalue weighted by molar-refractivity contribution is -0.127. The molecular formula is C28H23BrN2O4. The third-order valence-electron chi connectivity index (χ3n) is 5.25. The number of amides is 1. The maximum absolute atomic E-state index is 12.8. The van der Waals surface area contributed by atoms with Gasteiger partial charge in [-0.2, -0.15) is 5.10 Å². The second-order valence-electron chi connectivity index (χ2n) is 7.91. The summed E-state index contributed by atoms with van der Waals surface area (Å²) < 4.78 is 12.3. The molecule has 0 spiro atoms. The van der Waals surface area contributed by atoms with Gasteiger partial charge >= 0.3 is 5.97 Å². The molecule has 4 rings (SSSR count). The molecule has 7 heteroatoms. The van der Waals surface area contributed by atoms with E-state index in [1.54, 1.807) is 37.3 Å². The van der Waals surface area contributed by atoms with Crippen LogP contribution in [0.5, 0.6) is 11.5 Å². The summed E-state index contributed by atoms with van der Waals surface area (Å²) in [4.78, 5) is 25.3. The van der Waals surface area contributed by atoms with Gasteiger partial charge in [-0.1, -0.05) is 64.0 Å². The molecule has 176 valence electrons. The van der Waals surface area contributed by atoms with Crippen LogP contribution in [-0.4, -0.2) is 24.2 Å². The van der Waals surface area contributed by atoms with E-state index in [2.05, 4.69) is 26.5 Å². The van der Waals surface area contributed by atoms with E-state index in [4.69, 9.17) is 9.47 Å². The van der Waals surface area contributed by atoms with Gasteiger partial charge in [-0.3, -0.25) is 4.79 Å². The zero-order valence-electron chi connectivity index (χ0n) is 19.2. The molecule has 0 bridgehead atoms. The molecule has 0 aliphatic rings. The number of nitrogens with zero attached hydrogens (tertiary/aromatic N) is 1. The molecule has 0 heterocycles. The summed E-state index contributed by atoms with van der Waals surface area (Å²) in [6, 6.07) is 25.6. The molecule has 0 fully saturated rings. The average Bonchev–Trinajstić information content (AvgIpc) is 2.86. The Balaban J connectivity index is 1.53. The van der Waals surface area contributed by atoms with Gasteiger partial charge in [0.2, 0.25) is 0 Å². The first kappa shape index (κ1) is 24.2. The molecule has 6 nitrogen and oxygen atoms in total. The molecule has 1 N–H and O–H groups in total. The van der Waals surface area contributed by atoms with Gasteiger partial charge in [-0.15, -0.1) is 0 Å². The van der Waals surface area contributed by atoms with Crippen LogP contribution in [0.3, 0.4) is 0 Å². The van der Waals surface area contributed by atoms with Crippen LogP contribution in [0.15, 0.2) is 94.5 Å². The Bertz CT molecular complexity index is 1400. The number of nitrogens with one attached hydrogen (secondary N) is 1.